The summed E-state index contributed by atoms with van der Waals surface area (Å²) in [4.78, 5) is 0. The van der Waals surface area contributed by atoms with Crippen LogP contribution in [0.5, 0.6) is 0 Å². The lowest BCUT2D eigenvalue weighted by Gasteiger charge is -2.26. The molecule has 0 aromatic heterocycles. The summed E-state index contributed by atoms with van der Waals surface area (Å²) in [6.45, 7) is -1.81. The lowest BCUT2D eigenvalue weighted by Crippen LogP contribution is -2.40. The molecule has 0 spiro atoms. The van der Waals surface area contributed by atoms with Crippen LogP contribution in [0.3, 0.4) is 0 Å². The number of aliphatic hydroxyl groups is 3. The van der Waals surface area contributed by atoms with Crippen molar-refractivity contribution in [2.75, 3.05) is 26.4 Å². The fraction of sp³-hybridized carbons (Fsp3) is 0.833. The number of guanidine groups is 1. The number of hydrogen-bond acceptors (Lipinski definition) is 7. The number of rotatable bonds is 6. The van der Waals surface area contributed by atoms with Gasteiger partial charge in [-0.1, -0.05) is 0 Å². The van der Waals surface area contributed by atoms with Crippen molar-refractivity contribution in [1.82, 2.24) is 0 Å². The van der Waals surface area contributed by atoms with Crippen LogP contribution in [-0.2, 0) is 4.65 Å². The monoisotopic (exact) mass is 239 g/mol. The van der Waals surface area contributed by atoms with Crippen LogP contribution in [0.2, 0.25) is 0 Å². The van der Waals surface area contributed by atoms with E-state index in [0.717, 1.165) is 0 Å². The highest BCUT2D eigenvalue weighted by molar-refractivity contribution is 6.32. The summed E-state index contributed by atoms with van der Waals surface area (Å²) >= 11 is 0. The second-order valence-corrected chi connectivity index (χ2v) is 3.07. The smallest absolute Gasteiger partial charge is 0.402 e. The van der Waals surface area contributed by atoms with Gasteiger partial charge in [0.25, 0.3) is 0 Å². The molecule has 10 N–H and O–H groups in total. The van der Waals surface area contributed by atoms with Gasteiger partial charge in [-0.15, -0.1) is 0 Å². The first-order valence-corrected chi connectivity index (χ1v) is 4.23. The first-order valence-electron chi connectivity index (χ1n) is 4.23. The Hall–Kier alpha value is -0.905. The van der Waals surface area contributed by atoms with Gasteiger partial charge in [-0.25, -0.2) is 0 Å². The molecule has 0 aliphatic rings. The van der Waals surface area contributed by atoms with Crippen molar-refractivity contribution in [3.05, 3.63) is 0 Å². The Morgan fingerprint density at radius 3 is 1.62 bits per heavy atom. The molecule has 0 unspecified atom stereocenters. The Morgan fingerprint density at radius 1 is 1.12 bits per heavy atom. The lowest BCUT2D eigenvalue weighted by molar-refractivity contribution is -0.0358. The van der Waals surface area contributed by atoms with Crippen LogP contribution in [0.25, 0.3) is 0 Å². The standard InChI is InChI=1S/C5H13BO6.CH5N3/c7-1-5(2-8,3-9)4-12-6(10)11;2-1(3)4/h7-11H,1-4H2;(H5,2,3,4). The van der Waals surface area contributed by atoms with Crippen LogP contribution >= 0.6 is 0 Å². The van der Waals surface area contributed by atoms with Crippen molar-refractivity contribution in [3.63, 3.8) is 0 Å². The topological polar surface area (TPSA) is 186 Å². The van der Waals surface area contributed by atoms with E-state index in [-0.39, 0.29) is 12.6 Å². The third kappa shape index (κ3) is 9.64. The van der Waals surface area contributed by atoms with E-state index in [2.05, 4.69) is 16.1 Å². The van der Waals surface area contributed by atoms with Crippen molar-refractivity contribution in [3.8, 4) is 0 Å². The van der Waals surface area contributed by atoms with Gasteiger partial charge in [-0.3, -0.25) is 5.41 Å². The van der Waals surface area contributed by atoms with E-state index in [0.29, 0.717) is 0 Å². The molecule has 0 aromatic carbocycles. The zero-order valence-corrected chi connectivity index (χ0v) is 8.70. The maximum absolute atomic E-state index is 8.73. The molecular weight excluding hydrogens is 221 g/mol. The Bertz CT molecular complexity index is 177. The highest BCUT2D eigenvalue weighted by Crippen LogP contribution is 2.14. The van der Waals surface area contributed by atoms with E-state index in [1.54, 1.807) is 0 Å². The normalized spacial score (nSPS) is 10.3. The van der Waals surface area contributed by atoms with Gasteiger partial charge < -0.3 is 41.5 Å². The highest BCUT2D eigenvalue weighted by Gasteiger charge is 2.30. The van der Waals surface area contributed by atoms with E-state index in [4.69, 9.17) is 30.8 Å². The molecule has 0 radical (unpaired) electrons. The van der Waals surface area contributed by atoms with Gasteiger partial charge in [-0.05, 0) is 0 Å². The largest absolute Gasteiger partial charge is 0.633 e. The molecule has 0 fully saturated rings. The molecule has 96 valence electrons. The fourth-order valence-electron chi connectivity index (χ4n) is 0.538. The summed E-state index contributed by atoms with van der Waals surface area (Å²) in [5.41, 5.74) is 7.73. The lowest BCUT2D eigenvalue weighted by atomic mass is 9.92. The Morgan fingerprint density at radius 2 is 1.44 bits per heavy atom. The zero-order valence-electron chi connectivity index (χ0n) is 8.70. The molecule has 0 amide bonds. The highest BCUT2D eigenvalue weighted by atomic mass is 16.6. The molecule has 0 bridgehead atoms. The molecule has 9 nitrogen and oxygen atoms in total. The number of hydrogen-bond donors (Lipinski definition) is 8. The fourth-order valence-corrected chi connectivity index (χ4v) is 0.538. The third-order valence-electron chi connectivity index (χ3n) is 1.54. The molecule has 0 aromatic rings. The van der Waals surface area contributed by atoms with Crippen molar-refractivity contribution >= 4 is 13.3 Å². The minimum absolute atomic E-state index is 0.325. The summed E-state index contributed by atoms with van der Waals surface area (Å²) in [5.74, 6) is -0.333. The van der Waals surface area contributed by atoms with Crippen LogP contribution < -0.4 is 11.5 Å². The molecule has 0 rings (SSSR count). The number of nitrogens with two attached hydrogens (primary N) is 2. The van der Waals surface area contributed by atoms with Gasteiger partial charge in [0.15, 0.2) is 5.96 Å². The third-order valence-corrected chi connectivity index (χ3v) is 1.54. The average Bonchev–Trinajstić information content (AvgIpc) is 2.20. The van der Waals surface area contributed by atoms with Crippen LogP contribution in [0.4, 0.5) is 0 Å². The first-order chi connectivity index (χ1) is 7.33. The van der Waals surface area contributed by atoms with Gasteiger partial charge in [0, 0.05) is 6.61 Å². The number of aliphatic hydroxyl groups excluding tert-OH is 3. The van der Waals surface area contributed by atoms with Crippen molar-refractivity contribution in [1.29, 1.82) is 5.41 Å². The van der Waals surface area contributed by atoms with Crippen LogP contribution in [0.15, 0.2) is 0 Å². The number of nitrogens with one attached hydrogen (secondary N) is 1. The molecule has 0 aliphatic carbocycles. The van der Waals surface area contributed by atoms with Gasteiger partial charge >= 0.3 is 7.32 Å². The second kappa shape index (κ2) is 9.33. The van der Waals surface area contributed by atoms with Crippen LogP contribution in [0.1, 0.15) is 0 Å². The maximum Gasteiger partial charge on any atom is 0.633 e. The van der Waals surface area contributed by atoms with E-state index in [9.17, 15) is 0 Å². The Kier molecular flexibility index (Phi) is 10.2. The van der Waals surface area contributed by atoms with Gasteiger partial charge in [-0.2, -0.15) is 0 Å². The summed E-state index contributed by atoms with van der Waals surface area (Å²) < 4.78 is 4.31. The minimum Gasteiger partial charge on any atom is -0.402 e. The summed E-state index contributed by atoms with van der Waals surface area (Å²) in [6, 6.07) is 0. The first kappa shape index (κ1) is 17.5. The molecule has 0 saturated carbocycles. The Balaban J connectivity index is 0. The van der Waals surface area contributed by atoms with Crippen molar-refractivity contribution < 1.29 is 30.0 Å². The quantitative estimate of drug-likeness (QED) is 0.130. The zero-order chi connectivity index (χ0) is 13.2. The predicted octanol–water partition coefficient (Wildman–Crippen LogP) is -4.23. The van der Waals surface area contributed by atoms with Crippen LogP contribution in [-0.4, -0.2) is 65.1 Å². The molecule has 16 heavy (non-hydrogen) atoms. The SMILES string of the molecule is N=C(N)N.OCC(CO)(CO)COB(O)O. The van der Waals surface area contributed by atoms with Gasteiger partial charge in [0.1, 0.15) is 0 Å². The molecule has 10 heteroatoms. The summed E-state index contributed by atoms with van der Waals surface area (Å²) in [7, 11) is -1.96. The average molecular weight is 239 g/mol. The Labute approximate surface area is 92.9 Å². The summed E-state index contributed by atoms with van der Waals surface area (Å²) in [6.07, 6.45) is 0. The molecular formula is C6H18BN3O6. The van der Waals surface area contributed by atoms with E-state index < -0.39 is 32.6 Å². The second-order valence-electron chi connectivity index (χ2n) is 3.07. The van der Waals surface area contributed by atoms with Crippen LogP contribution in [0, 0.1) is 10.8 Å². The minimum atomic E-state index is -1.96. The van der Waals surface area contributed by atoms with Gasteiger partial charge in [0.2, 0.25) is 0 Å². The molecule has 0 heterocycles. The van der Waals surface area contributed by atoms with E-state index in [1.807, 2.05) is 0 Å². The molecule has 0 aliphatic heterocycles. The maximum atomic E-state index is 8.73. The van der Waals surface area contributed by atoms with Gasteiger partial charge in [0.05, 0.1) is 25.2 Å². The predicted molar refractivity (Wildman–Crippen MR) is 55.9 cm³/mol. The van der Waals surface area contributed by atoms with Crippen molar-refractivity contribution in [2.24, 2.45) is 16.9 Å². The summed E-state index contributed by atoms with van der Waals surface area (Å²) in [5, 5.41) is 48.8. The van der Waals surface area contributed by atoms with E-state index in [1.165, 1.54) is 0 Å². The van der Waals surface area contributed by atoms with Crippen molar-refractivity contribution in [2.45, 2.75) is 0 Å². The molecule has 0 saturated heterocycles. The van der Waals surface area contributed by atoms with E-state index >= 15 is 0 Å². The molecule has 0 atom stereocenters.